The Morgan fingerprint density at radius 3 is 2.48 bits per heavy atom. The summed E-state index contributed by atoms with van der Waals surface area (Å²) in [4.78, 5) is 15.7. The number of benzene rings is 1. The summed E-state index contributed by atoms with van der Waals surface area (Å²) in [5, 5.41) is 4.37. The fourth-order valence-electron chi connectivity index (χ4n) is 2.67. The van der Waals surface area contributed by atoms with E-state index in [0.717, 1.165) is 24.9 Å². The van der Waals surface area contributed by atoms with E-state index in [0.29, 0.717) is 5.56 Å². The number of aromatic nitrogens is 3. The molecule has 0 amide bonds. The second kappa shape index (κ2) is 7.75. The van der Waals surface area contributed by atoms with Gasteiger partial charge in [0.1, 0.15) is 0 Å². The molecule has 0 saturated carbocycles. The van der Waals surface area contributed by atoms with Crippen molar-refractivity contribution in [2.24, 2.45) is 0 Å². The van der Waals surface area contributed by atoms with Gasteiger partial charge < -0.3 is 4.74 Å². The molecule has 0 spiro atoms. The summed E-state index contributed by atoms with van der Waals surface area (Å²) >= 11 is 0. The number of carbonyl (C=O) groups excluding carboxylic acids is 1. The summed E-state index contributed by atoms with van der Waals surface area (Å²) < 4.78 is 6.69. The van der Waals surface area contributed by atoms with Gasteiger partial charge in [0, 0.05) is 18.6 Å². The maximum atomic E-state index is 11.6. The number of ether oxygens (including phenoxy) is 1. The second-order valence-electron chi connectivity index (χ2n) is 5.97. The standard InChI is InChI=1S/C20H21N3O2/c1-3-15-11-22-23(13-15)14-17-6-4-16(5-7-17)8-18-9-19(12-21-10-18)20(24)25-2/h4-7,9-13H,3,8,14H2,1-2H3. The van der Waals surface area contributed by atoms with Crippen LogP contribution in [0.3, 0.4) is 0 Å². The normalized spacial score (nSPS) is 10.6. The minimum absolute atomic E-state index is 0.365. The van der Waals surface area contributed by atoms with Crippen LogP contribution in [0.2, 0.25) is 0 Å². The summed E-state index contributed by atoms with van der Waals surface area (Å²) in [5.74, 6) is -0.365. The Kier molecular flexibility index (Phi) is 5.23. The van der Waals surface area contributed by atoms with Crippen LogP contribution in [-0.2, 0) is 24.1 Å². The predicted octanol–water partition coefficient (Wildman–Crippen LogP) is 3.27. The number of aryl methyl sites for hydroxylation is 1. The molecule has 1 aromatic carbocycles. The van der Waals surface area contributed by atoms with E-state index in [-0.39, 0.29) is 5.97 Å². The molecule has 0 fully saturated rings. The first-order valence-corrected chi connectivity index (χ1v) is 8.29. The molecule has 0 saturated heterocycles. The lowest BCUT2D eigenvalue weighted by Crippen LogP contribution is -2.03. The number of nitrogens with zero attached hydrogens (tertiary/aromatic N) is 3. The molecule has 3 rings (SSSR count). The number of rotatable bonds is 6. The monoisotopic (exact) mass is 335 g/mol. The maximum absolute atomic E-state index is 11.6. The molecule has 5 heteroatoms. The summed E-state index contributed by atoms with van der Waals surface area (Å²) in [6, 6.07) is 10.2. The van der Waals surface area contributed by atoms with E-state index in [1.807, 2.05) is 16.9 Å². The highest BCUT2D eigenvalue weighted by molar-refractivity contribution is 5.89. The fourth-order valence-corrected chi connectivity index (χ4v) is 2.67. The Labute approximate surface area is 147 Å². The van der Waals surface area contributed by atoms with Crippen molar-refractivity contribution in [3.63, 3.8) is 0 Å². The van der Waals surface area contributed by atoms with Crippen molar-refractivity contribution in [2.75, 3.05) is 7.11 Å². The first-order chi connectivity index (χ1) is 12.2. The first-order valence-electron chi connectivity index (χ1n) is 8.29. The largest absolute Gasteiger partial charge is 0.465 e. The van der Waals surface area contributed by atoms with Crippen LogP contribution in [-0.4, -0.2) is 27.8 Å². The number of pyridine rings is 1. The molecule has 0 unspecified atom stereocenters. The molecule has 2 heterocycles. The van der Waals surface area contributed by atoms with Gasteiger partial charge >= 0.3 is 5.97 Å². The highest BCUT2D eigenvalue weighted by Gasteiger charge is 2.07. The predicted molar refractivity (Wildman–Crippen MR) is 95.5 cm³/mol. The number of methoxy groups -OCH3 is 1. The lowest BCUT2D eigenvalue weighted by molar-refractivity contribution is 0.0600. The van der Waals surface area contributed by atoms with E-state index in [1.54, 1.807) is 6.20 Å². The molecule has 5 nitrogen and oxygen atoms in total. The molecule has 128 valence electrons. The van der Waals surface area contributed by atoms with Crippen LogP contribution < -0.4 is 0 Å². The molecule has 0 bridgehead atoms. The van der Waals surface area contributed by atoms with E-state index in [2.05, 4.69) is 47.5 Å². The highest BCUT2D eigenvalue weighted by Crippen LogP contribution is 2.13. The van der Waals surface area contributed by atoms with Gasteiger partial charge in [0.2, 0.25) is 0 Å². The molecule has 0 aliphatic heterocycles. The van der Waals surface area contributed by atoms with E-state index in [4.69, 9.17) is 4.74 Å². The third kappa shape index (κ3) is 4.32. The van der Waals surface area contributed by atoms with Crippen molar-refractivity contribution in [1.29, 1.82) is 0 Å². The third-order valence-corrected chi connectivity index (χ3v) is 4.09. The van der Waals surface area contributed by atoms with Crippen molar-refractivity contribution in [3.05, 3.63) is 82.9 Å². The van der Waals surface area contributed by atoms with Crippen LogP contribution in [0.5, 0.6) is 0 Å². The SMILES string of the molecule is CCc1cnn(Cc2ccc(Cc3cncc(C(=O)OC)c3)cc2)c1. The molecule has 0 aliphatic carbocycles. The zero-order valence-electron chi connectivity index (χ0n) is 14.5. The zero-order valence-corrected chi connectivity index (χ0v) is 14.5. The smallest absolute Gasteiger partial charge is 0.339 e. The van der Waals surface area contributed by atoms with E-state index in [9.17, 15) is 4.79 Å². The number of esters is 1. The number of hydrogen-bond donors (Lipinski definition) is 0. The van der Waals surface area contributed by atoms with Crippen molar-refractivity contribution in [2.45, 2.75) is 26.3 Å². The van der Waals surface area contributed by atoms with Crippen molar-refractivity contribution < 1.29 is 9.53 Å². The van der Waals surface area contributed by atoms with Crippen molar-refractivity contribution in [1.82, 2.24) is 14.8 Å². The number of hydrogen-bond acceptors (Lipinski definition) is 4. The van der Waals surface area contributed by atoms with Crippen molar-refractivity contribution >= 4 is 5.97 Å². The summed E-state index contributed by atoms with van der Waals surface area (Å²) in [7, 11) is 1.37. The van der Waals surface area contributed by atoms with Gasteiger partial charge in [-0.15, -0.1) is 0 Å². The van der Waals surface area contributed by atoms with Gasteiger partial charge in [0.25, 0.3) is 0 Å². The Morgan fingerprint density at radius 1 is 1.04 bits per heavy atom. The van der Waals surface area contributed by atoms with Crippen LogP contribution >= 0.6 is 0 Å². The molecule has 2 aromatic heterocycles. The van der Waals surface area contributed by atoms with Crippen LogP contribution in [0.4, 0.5) is 0 Å². The third-order valence-electron chi connectivity index (χ3n) is 4.09. The van der Waals surface area contributed by atoms with Gasteiger partial charge in [-0.1, -0.05) is 31.2 Å². The molecule has 0 radical (unpaired) electrons. The Hall–Kier alpha value is -2.95. The first kappa shape index (κ1) is 16.9. The molecule has 0 aliphatic rings. The Bertz CT molecular complexity index is 853. The van der Waals surface area contributed by atoms with Crippen LogP contribution in [0, 0.1) is 0 Å². The van der Waals surface area contributed by atoms with Gasteiger partial charge in [-0.2, -0.15) is 5.10 Å². The van der Waals surface area contributed by atoms with Gasteiger partial charge in [-0.3, -0.25) is 9.67 Å². The lowest BCUT2D eigenvalue weighted by atomic mass is 10.0. The van der Waals surface area contributed by atoms with Crippen LogP contribution in [0.1, 0.15) is 39.5 Å². The number of carbonyl (C=O) groups is 1. The average Bonchev–Trinajstić information content (AvgIpc) is 3.10. The minimum Gasteiger partial charge on any atom is -0.465 e. The zero-order chi connectivity index (χ0) is 17.6. The molecule has 0 N–H and O–H groups in total. The second-order valence-corrected chi connectivity index (χ2v) is 5.97. The van der Waals surface area contributed by atoms with Gasteiger partial charge in [0.05, 0.1) is 25.4 Å². The van der Waals surface area contributed by atoms with Crippen LogP contribution in [0.25, 0.3) is 0 Å². The fraction of sp³-hybridized carbons (Fsp3) is 0.250. The molecular formula is C20H21N3O2. The Balaban J connectivity index is 1.67. The van der Waals surface area contributed by atoms with E-state index >= 15 is 0 Å². The van der Waals surface area contributed by atoms with E-state index < -0.39 is 0 Å². The summed E-state index contributed by atoms with van der Waals surface area (Å²) in [5.41, 5.74) is 5.07. The maximum Gasteiger partial charge on any atom is 0.339 e. The minimum atomic E-state index is -0.365. The molecule has 3 aromatic rings. The van der Waals surface area contributed by atoms with Gasteiger partial charge in [-0.25, -0.2) is 4.79 Å². The summed E-state index contributed by atoms with van der Waals surface area (Å²) in [6.07, 6.45) is 9.01. The molecule has 25 heavy (non-hydrogen) atoms. The van der Waals surface area contributed by atoms with Gasteiger partial charge in [-0.05, 0) is 41.2 Å². The highest BCUT2D eigenvalue weighted by atomic mass is 16.5. The van der Waals surface area contributed by atoms with E-state index in [1.165, 1.54) is 30.0 Å². The quantitative estimate of drug-likeness (QED) is 0.649. The topological polar surface area (TPSA) is 57.0 Å². The van der Waals surface area contributed by atoms with Crippen molar-refractivity contribution in [3.8, 4) is 0 Å². The summed E-state index contributed by atoms with van der Waals surface area (Å²) in [6.45, 7) is 2.89. The van der Waals surface area contributed by atoms with Gasteiger partial charge in [0.15, 0.2) is 0 Å². The average molecular weight is 335 g/mol. The molecule has 0 atom stereocenters. The lowest BCUT2D eigenvalue weighted by Gasteiger charge is -2.06. The molecular weight excluding hydrogens is 314 g/mol. The Morgan fingerprint density at radius 2 is 1.80 bits per heavy atom. The van der Waals surface area contributed by atoms with Crippen LogP contribution in [0.15, 0.2) is 55.1 Å².